The molecule has 1 atom stereocenters. The molecule has 0 saturated carbocycles. The molecule has 5 rings (SSSR count). The van der Waals surface area contributed by atoms with Gasteiger partial charge in [0.25, 0.3) is 0 Å². The quantitative estimate of drug-likeness (QED) is 0.723. The van der Waals surface area contributed by atoms with Crippen LogP contribution in [0.2, 0.25) is 0 Å². The summed E-state index contributed by atoms with van der Waals surface area (Å²) in [5.74, 6) is 0.865. The Morgan fingerprint density at radius 3 is 2.96 bits per heavy atom. The van der Waals surface area contributed by atoms with Crippen LogP contribution in [0.1, 0.15) is 23.4 Å². The topological polar surface area (TPSA) is 93.0 Å². The number of nitrogens with one attached hydrogen (secondary N) is 1. The first-order chi connectivity index (χ1) is 13.2. The number of piperidine rings is 1. The first-order valence-corrected chi connectivity index (χ1v) is 10.1. The van der Waals surface area contributed by atoms with Crippen LogP contribution in [0, 0.1) is 5.41 Å². The number of aromatic nitrogens is 4. The van der Waals surface area contributed by atoms with Crippen LogP contribution in [-0.4, -0.2) is 52.5 Å². The Hall–Kier alpha value is -2.29. The van der Waals surface area contributed by atoms with Gasteiger partial charge in [-0.1, -0.05) is 12.6 Å². The maximum Gasteiger partial charge on any atom is 0.202 e. The molecule has 3 aromatic rings. The average molecular weight is 382 g/mol. The standard InChI is InChI=1S/C19H22N6OS/c1-12(13-3-2-8-27-13)16-17-18(24-23-16)22-15(9-21-17)25-6-4-19(5-7-25)11-26-10-14(19)20/h2-3,8-9,14H,1,4-7,10-11,20H2,(H,22,23,24)/t14-/m1/s1. The molecule has 5 heterocycles. The van der Waals surface area contributed by atoms with Gasteiger partial charge in [-0.05, 0) is 24.3 Å². The molecular weight excluding hydrogens is 360 g/mol. The van der Waals surface area contributed by atoms with Crippen molar-refractivity contribution in [2.75, 3.05) is 31.2 Å². The molecule has 8 heteroatoms. The summed E-state index contributed by atoms with van der Waals surface area (Å²) in [7, 11) is 0. The van der Waals surface area contributed by atoms with E-state index in [0.717, 1.165) is 60.0 Å². The molecule has 3 aromatic heterocycles. The van der Waals surface area contributed by atoms with Gasteiger partial charge < -0.3 is 15.4 Å². The van der Waals surface area contributed by atoms with E-state index in [0.29, 0.717) is 12.3 Å². The lowest BCUT2D eigenvalue weighted by Gasteiger charge is -2.41. The van der Waals surface area contributed by atoms with Crippen LogP contribution in [0.3, 0.4) is 0 Å². The van der Waals surface area contributed by atoms with Crippen molar-refractivity contribution in [3.63, 3.8) is 0 Å². The molecule has 27 heavy (non-hydrogen) atoms. The molecule has 2 aliphatic rings. The Bertz CT molecular complexity index is 973. The van der Waals surface area contributed by atoms with Crippen molar-refractivity contribution >= 4 is 33.9 Å². The lowest BCUT2D eigenvalue weighted by Crippen LogP contribution is -2.49. The molecule has 140 valence electrons. The van der Waals surface area contributed by atoms with Crippen molar-refractivity contribution < 1.29 is 4.74 Å². The van der Waals surface area contributed by atoms with E-state index in [1.54, 1.807) is 11.3 Å². The first kappa shape index (κ1) is 16.9. The van der Waals surface area contributed by atoms with E-state index in [1.165, 1.54) is 0 Å². The van der Waals surface area contributed by atoms with E-state index in [1.807, 2.05) is 23.7 Å². The summed E-state index contributed by atoms with van der Waals surface area (Å²) < 4.78 is 5.61. The number of aromatic amines is 1. The van der Waals surface area contributed by atoms with Crippen LogP contribution in [0.5, 0.6) is 0 Å². The molecule has 0 amide bonds. The number of hydrogen-bond acceptors (Lipinski definition) is 7. The molecule has 0 unspecified atom stereocenters. The second-order valence-corrected chi connectivity index (χ2v) is 8.37. The fourth-order valence-electron chi connectivity index (χ4n) is 4.09. The van der Waals surface area contributed by atoms with Crippen LogP contribution >= 0.6 is 11.3 Å². The van der Waals surface area contributed by atoms with Crippen molar-refractivity contribution in [1.29, 1.82) is 0 Å². The van der Waals surface area contributed by atoms with Crippen molar-refractivity contribution in [2.45, 2.75) is 18.9 Å². The van der Waals surface area contributed by atoms with Crippen molar-refractivity contribution in [3.8, 4) is 0 Å². The highest BCUT2D eigenvalue weighted by atomic mass is 32.1. The number of H-pyrrole nitrogens is 1. The van der Waals surface area contributed by atoms with Gasteiger partial charge in [-0.2, -0.15) is 5.10 Å². The third-order valence-corrected chi connectivity index (χ3v) is 6.86. The molecular formula is C19H22N6OS. The maximum absolute atomic E-state index is 6.28. The predicted molar refractivity (Wildman–Crippen MR) is 107 cm³/mol. The van der Waals surface area contributed by atoms with Gasteiger partial charge in [0.2, 0.25) is 5.65 Å². The van der Waals surface area contributed by atoms with Gasteiger partial charge in [0.05, 0.1) is 25.1 Å². The first-order valence-electron chi connectivity index (χ1n) is 9.19. The molecule has 2 aliphatic heterocycles. The fourth-order valence-corrected chi connectivity index (χ4v) is 4.80. The number of rotatable bonds is 3. The summed E-state index contributed by atoms with van der Waals surface area (Å²) in [5.41, 5.74) is 9.52. The summed E-state index contributed by atoms with van der Waals surface area (Å²) in [6.45, 7) is 7.47. The minimum Gasteiger partial charge on any atom is -0.379 e. The van der Waals surface area contributed by atoms with E-state index >= 15 is 0 Å². The van der Waals surface area contributed by atoms with Crippen LogP contribution in [-0.2, 0) is 4.74 Å². The highest BCUT2D eigenvalue weighted by Gasteiger charge is 2.44. The Balaban J connectivity index is 1.38. The highest BCUT2D eigenvalue weighted by molar-refractivity contribution is 7.11. The zero-order valence-electron chi connectivity index (χ0n) is 15.0. The summed E-state index contributed by atoms with van der Waals surface area (Å²) in [5, 5.41) is 9.46. The Morgan fingerprint density at radius 2 is 2.26 bits per heavy atom. The fraction of sp³-hybridized carbons (Fsp3) is 0.421. The number of ether oxygens (including phenoxy) is 1. The van der Waals surface area contributed by atoms with E-state index in [4.69, 9.17) is 15.5 Å². The molecule has 0 radical (unpaired) electrons. The van der Waals surface area contributed by atoms with Crippen LogP contribution in [0.25, 0.3) is 16.7 Å². The van der Waals surface area contributed by atoms with Gasteiger partial charge in [-0.3, -0.25) is 5.10 Å². The SMILES string of the molecule is C=C(c1cccs1)c1[nH]nc2nc(N3CCC4(CC3)COC[C@H]4N)cnc12. The maximum atomic E-state index is 6.28. The van der Waals surface area contributed by atoms with Gasteiger partial charge in [0.15, 0.2) is 0 Å². The molecule has 1 spiro atoms. The summed E-state index contributed by atoms with van der Waals surface area (Å²) in [6.07, 6.45) is 3.88. The van der Waals surface area contributed by atoms with Gasteiger partial charge >= 0.3 is 0 Å². The number of nitrogens with two attached hydrogens (primary N) is 1. The van der Waals surface area contributed by atoms with Gasteiger partial charge in [-0.15, -0.1) is 11.3 Å². The van der Waals surface area contributed by atoms with Gasteiger partial charge in [0.1, 0.15) is 11.3 Å². The monoisotopic (exact) mass is 382 g/mol. The number of anilines is 1. The van der Waals surface area contributed by atoms with E-state index in [2.05, 4.69) is 26.7 Å². The van der Waals surface area contributed by atoms with E-state index in [-0.39, 0.29) is 11.5 Å². The Labute approximate surface area is 161 Å². The van der Waals surface area contributed by atoms with Gasteiger partial charge in [-0.25, -0.2) is 9.97 Å². The molecule has 7 nitrogen and oxygen atoms in total. The summed E-state index contributed by atoms with van der Waals surface area (Å²) >= 11 is 1.65. The van der Waals surface area contributed by atoms with Crippen molar-refractivity contribution in [1.82, 2.24) is 20.2 Å². The normalized spacial score (nSPS) is 22.0. The number of hydrogen-bond donors (Lipinski definition) is 2. The summed E-state index contributed by atoms with van der Waals surface area (Å²) in [6, 6.07) is 4.20. The minimum absolute atomic E-state index is 0.131. The number of fused-ring (bicyclic) bond motifs is 1. The Kier molecular flexibility index (Phi) is 3.99. The predicted octanol–water partition coefficient (Wildman–Crippen LogP) is 2.42. The molecule has 0 bridgehead atoms. The number of thiophene rings is 1. The number of nitrogens with zero attached hydrogens (tertiary/aromatic N) is 4. The Morgan fingerprint density at radius 1 is 1.41 bits per heavy atom. The molecule has 3 N–H and O–H groups in total. The van der Waals surface area contributed by atoms with Crippen LogP contribution in [0.15, 0.2) is 30.3 Å². The third-order valence-electron chi connectivity index (χ3n) is 5.93. The van der Waals surface area contributed by atoms with Crippen molar-refractivity contribution in [3.05, 3.63) is 40.9 Å². The van der Waals surface area contributed by atoms with Gasteiger partial charge in [0, 0.05) is 35.0 Å². The largest absolute Gasteiger partial charge is 0.379 e. The van der Waals surface area contributed by atoms with Crippen molar-refractivity contribution in [2.24, 2.45) is 11.1 Å². The molecule has 0 aromatic carbocycles. The molecule has 2 fully saturated rings. The minimum atomic E-state index is 0.131. The zero-order valence-corrected chi connectivity index (χ0v) is 15.8. The highest BCUT2D eigenvalue weighted by Crippen LogP contribution is 2.39. The van der Waals surface area contributed by atoms with Crippen LogP contribution in [0.4, 0.5) is 5.82 Å². The lowest BCUT2D eigenvalue weighted by atomic mass is 9.75. The molecule has 2 saturated heterocycles. The average Bonchev–Trinajstić information content (AvgIpc) is 3.43. The second-order valence-electron chi connectivity index (χ2n) is 7.43. The van der Waals surface area contributed by atoms with Crippen LogP contribution < -0.4 is 10.6 Å². The lowest BCUT2D eigenvalue weighted by molar-refractivity contribution is 0.131. The molecule has 0 aliphatic carbocycles. The third kappa shape index (κ3) is 2.75. The summed E-state index contributed by atoms with van der Waals surface area (Å²) in [4.78, 5) is 12.8. The zero-order chi connectivity index (χ0) is 18.4. The van der Waals surface area contributed by atoms with E-state index in [9.17, 15) is 0 Å². The smallest absolute Gasteiger partial charge is 0.202 e. The second kappa shape index (κ2) is 6.40. The van der Waals surface area contributed by atoms with E-state index < -0.39 is 0 Å².